The van der Waals surface area contributed by atoms with E-state index in [1.807, 2.05) is 12.4 Å². The molecule has 3 rings (SSSR count). The van der Waals surface area contributed by atoms with Gasteiger partial charge in [0.25, 0.3) is 0 Å². The Bertz CT molecular complexity index is 589. The number of rotatable bonds is 7. The lowest BCUT2D eigenvalue weighted by atomic mass is 9.94. The first kappa shape index (κ1) is 14.5. The predicted octanol–water partition coefficient (Wildman–Crippen LogP) is 3.70. The van der Waals surface area contributed by atoms with Crippen molar-refractivity contribution in [2.45, 2.75) is 38.8 Å². The summed E-state index contributed by atoms with van der Waals surface area (Å²) in [6.07, 6.45) is 6.67. The van der Waals surface area contributed by atoms with Gasteiger partial charge in [0.05, 0.1) is 12.1 Å². The summed E-state index contributed by atoms with van der Waals surface area (Å²) in [5, 5.41) is 6.12. The fraction of sp³-hybridized carbons (Fsp3) is 0.500. The van der Waals surface area contributed by atoms with E-state index < -0.39 is 0 Å². The van der Waals surface area contributed by atoms with Gasteiger partial charge < -0.3 is 10.1 Å². The number of benzene rings is 1. The number of fused-ring (bicyclic) bond motifs is 1. The Kier molecular flexibility index (Phi) is 4.51. The Morgan fingerprint density at radius 2 is 2.14 bits per heavy atom. The molecule has 0 radical (unpaired) electrons. The molecule has 1 heterocycles. The maximum Gasteiger partial charge on any atom is 0.0797 e. The molecule has 1 fully saturated rings. The second-order valence-electron chi connectivity index (χ2n) is 5.74. The molecule has 112 valence electrons. The van der Waals surface area contributed by atoms with Crippen LogP contribution in [0.2, 0.25) is 0 Å². The zero-order valence-electron chi connectivity index (χ0n) is 12.9. The molecule has 2 atom stereocenters. The van der Waals surface area contributed by atoms with Gasteiger partial charge >= 0.3 is 0 Å². The maximum atomic E-state index is 6.10. The van der Waals surface area contributed by atoms with Gasteiger partial charge in [0.1, 0.15) is 0 Å². The van der Waals surface area contributed by atoms with Crippen molar-refractivity contribution in [3.05, 3.63) is 42.2 Å². The fourth-order valence-electron chi connectivity index (χ4n) is 3.15. The quantitative estimate of drug-likeness (QED) is 0.842. The van der Waals surface area contributed by atoms with Crippen LogP contribution >= 0.6 is 0 Å². The van der Waals surface area contributed by atoms with Gasteiger partial charge in [-0.2, -0.15) is 0 Å². The summed E-state index contributed by atoms with van der Waals surface area (Å²) in [6.45, 7) is 5.96. The van der Waals surface area contributed by atoms with Crippen molar-refractivity contribution in [1.82, 2.24) is 10.3 Å². The average molecular weight is 284 g/mol. The van der Waals surface area contributed by atoms with Gasteiger partial charge in [-0.3, -0.25) is 4.98 Å². The molecule has 3 nitrogen and oxygen atoms in total. The lowest BCUT2D eigenvalue weighted by molar-refractivity contribution is 0.0193. The number of nitrogens with one attached hydrogen (secondary N) is 1. The molecule has 1 N–H and O–H groups in total. The second kappa shape index (κ2) is 6.54. The minimum Gasteiger partial charge on any atom is -0.376 e. The van der Waals surface area contributed by atoms with Crippen molar-refractivity contribution in [1.29, 1.82) is 0 Å². The van der Waals surface area contributed by atoms with Crippen molar-refractivity contribution < 1.29 is 4.74 Å². The van der Waals surface area contributed by atoms with Crippen LogP contribution in [0.5, 0.6) is 0 Å². The summed E-state index contributed by atoms with van der Waals surface area (Å²) in [5.41, 5.74) is 1.31. The molecule has 21 heavy (non-hydrogen) atoms. The van der Waals surface area contributed by atoms with Crippen LogP contribution in [-0.4, -0.2) is 24.2 Å². The number of nitrogens with zero attached hydrogens (tertiary/aromatic N) is 1. The van der Waals surface area contributed by atoms with Gasteiger partial charge in [0.2, 0.25) is 0 Å². The summed E-state index contributed by atoms with van der Waals surface area (Å²) in [4.78, 5) is 4.31. The van der Waals surface area contributed by atoms with Crippen LogP contribution in [0.3, 0.4) is 0 Å². The first-order valence-electron chi connectivity index (χ1n) is 8.02. The Morgan fingerprint density at radius 3 is 2.86 bits per heavy atom. The number of hydrogen-bond donors (Lipinski definition) is 1. The molecular weight excluding hydrogens is 260 g/mol. The van der Waals surface area contributed by atoms with Crippen LogP contribution < -0.4 is 5.32 Å². The fourth-order valence-corrected chi connectivity index (χ4v) is 3.15. The molecule has 0 bridgehead atoms. The second-order valence-corrected chi connectivity index (χ2v) is 5.74. The van der Waals surface area contributed by atoms with E-state index in [4.69, 9.17) is 4.74 Å². The Hall–Kier alpha value is -1.45. The Labute approximate surface area is 126 Å². The summed E-state index contributed by atoms with van der Waals surface area (Å²) in [7, 11) is 0. The van der Waals surface area contributed by atoms with Crippen molar-refractivity contribution >= 4 is 10.8 Å². The minimum atomic E-state index is 0.246. The lowest BCUT2D eigenvalue weighted by Crippen LogP contribution is -2.35. The van der Waals surface area contributed by atoms with Crippen molar-refractivity contribution in [3.8, 4) is 0 Å². The van der Waals surface area contributed by atoms with E-state index in [9.17, 15) is 0 Å². The van der Waals surface area contributed by atoms with Crippen molar-refractivity contribution in [2.24, 2.45) is 5.92 Å². The van der Waals surface area contributed by atoms with E-state index in [0.29, 0.717) is 5.92 Å². The lowest BCUT2D eigenvalue weighted by Gasteiger charge is -2.29. The van der Waals surface area contributed by atoms with E-state index in [2.05, 4.69) is 48.4 Å². The largest absolute Gasteiger partial charge is 0.376 e. The maximum absolute atomic E-state index is 6.10. The van der Waals surface area contributed by atoms with Crippen molar-refractivity contribution in [2.75, 3.05) is 13.2 Å². The minimum absolute atomic E-state index is 0.246. The molecule has 1 aliphatic rings. The molecule has 1 aromatic heterocycles. The van der Waals surface area contributed by atoms with Gasteiger partial charge in [0, 0.05) is 24.4 Å². The molecule has 1 saturated carbocycles. The van der Waals surface area contributed by atoms with E-state index >= 15 is 0 Å². The number of likely N-dealkylation sites (N-methyl/N-ethyl adjacent to an activating group) is 1. The third-order valence-corrected chi connectivity index (χ3v) is 4.25. The highest BCUT2D eigenvalue weighted by Gasteiger charge is 2.38. The van der Waals surface area contributed by atoms with Crippen LogP contribution in [-0.2, 0) is 4.74 Å². The molecule has 2 aromatic rings. The van der Waals surface area contributed by atoms with E-state index in [-0.39, 0.29) is 12.1 Å². The van der Waals surface area contributed by atoms with E-state index in [0.717, 1.165) is 13.2 Å². The molecule has 0 amide bonds. The van der Waals surface area contributed by atoms with E-state index in [1.54, 1.807) is 0 Å². The zero-order chi connectivity index (χ0) is 14.7. The molecular formula is C18H24N2O. The van der Waals surface area contributed by atoms with Gasteiger partial charge in [-0.15, -0.1) is 0 Å². The summed E-state index contributed by atoms with van der Waals surface area (Å²) >= 11 is 0. The molecule has 3 heteroatoms. The molecule has 2 unspecified atom stereocenters. The third-order valence-electron chi connectivity index (χ3n) is 4.25. The van der Waals surface area contributed by atoms with Gasteiger partial charge in [-0.25, -0.2) is 0 Å². The SMILES string of the molecule is CCNC(c1cccc2ccncc12)C(OCC)C1CC1. The Morgan fingerprint density at radius 1 is 1.29 bits per heavy atom. The number of hydrogen-bond acceptors (Lipinski definition) is 3. The first-order chi connectivity index (χ1) is 10.3. The normalized spacial score (nSPS) is 17.8. The van der Waals surface area contributed by atoms with Gasteiger partial charge in [-0.1, -0.05) is 25.1 Å². The molecule has 1 aliphatic carbocycles. The van der Waals surface area contributed by atoms with E-state index in [1.165, 1.54) is 29.2 Å². The first-order valence-corrected chi connectivity index (χ1v) is 8.02. The van der Waals surface area contributed by atoms with Crippen LogP contribution in [0.25, 0.3) is 10.8 Å². The van der Waals surface area contributed by atoms with Crippen LogP contribution in [0.15, 0.2) is 36.7 Å². The highest BCUT2D eigenvalue weighted by Crippen LogP contribution is 2.41. The molecule has 1 aromatic carbocycles. The third kappa shape index (κ3) is 3.09. The average Bonchev–Trinajstić information content (AvgIpc) is 3.35. The molecule has 0 saturated heterocycles. The van der Waals surface area contributed by atoms with Gasteiger partial charge in [0.15, 0.2) is 0 Å². The smallest absolute Gasteiger partial charge is 0.0797 e. The highest BCUT2D eigenvalue weighted by molar-refractivity contribution is 5.85. The topological polar surface area (TPSA) is 34.2 Å². The highest BCUT2D eigenvalue weighted by atomic mass is 16.5. The predicted molar refractivity (Wildman–Crippen MR) is 86.3 cm³/mol. The van der Waals surface area contributed by atoms with Crippen LogP contribution in [0.4, 0.5) is 0 Å². The Balaban J connectivity index is 2.01. The van der Waals surface area contributed by atoms with Crippen molar-refractivity contribution in [3.63, 3.8) is 0 Å². The summed E-state index contributed by atoms with van der Waals surface area (Å²) in [5.74, 6) is 0.695. The van der Waals surface area contributed by atoms with Crippen LogP contribution in [0.1, 0.15) is 38.3 Å². The monoisotopic (exact) mass is 284 g/mol. The van der Waals surface area contributed by atoms with Gasteiger partial charge in [-0.05, 0) is 49.2 Å². The van der Waals surface area contributed by atoms with Crippen LogP contribution in [0, 0.1) is 5.92 Å². The molecule has 0 aliphatic heterocycles. The molecule has 0 spiro atoms. The number of pyridine rings is 1. The number of aromatic nitrogens is 1. The zero-order valence-corrected chi connectivity index (χ0v) is 12.9. The summed E-state index contributed by atoms with van der Waals surface area (Å²) in [6, 6.07) is 8.82. The number of ether oxygens (including phenoxy) is 1. The standard InChI is InChI=1S/C18H24N2O/c1-3-20-17(18(21-4-2)14-8-9-14)15-7-5-6-13-10-11-19-12-16(13)15/h5-7,10-12,14,17-18,20H,3-4,8-9H2,1-2H3. The summed E-state index contributed by atoms with van der Waals surface area (Å²) < 4.78 is 6.10.